The Morgan fingerprint density at radius 2 is 1.03 bits per heavy atom. The zero-order valence-corrected chi connectivity index (χ0v) is 24.0. The van der Waals surface area contributed by atoms with Crippen molar-refractivity contribution in [3.8, 4) is 0 Å². The van der Waals surface area contributed by atoms with Crippen LogP contribution in [-0.2, 0) is 18.9 Å². The minimum absolute atomic E-state index is 0.0154. The highest BCUT2D eigenvalue weighted by molar-refractivity contribution is 4.72. The van der Waals surface area contributed by atoms with Gasteiger partial charge in [-0.05, 0) is 51.0 Å². The van der Waals surface area contributed by atoms with Crippen LogP contribution in [0.3, 0.4) is 0 Å². The van der Waals surface area contributed by atoms with Crippen LogP contribution in [0, 0.1) is 0 Å². The van der Waals surface area contributed by atoms with E-state index in [9.17, 15) is 0 Å². The molecule has 0 saturated carbocycles. The van der Waals surface area contributed by atoms with Gasteiger partial charge in [-0.3, -0.25) is 0 Å². The number of hydrogen-bond donors (Lipinski definition) is 0. The summed E-state index contributed by atoms with van der Waals surface area (Å²) in [6.45, 7) is 9.41. The molecule has 0 rings (SSSR count). The average molecular weight is 499 g/mol. The van der Waals surface area contributed by atoms with Crippen molar-refractivity contribution in [2.45, 2.75) is 162 Å². The zero-order valence-electron chi connectivity index (χ0n) is 24.0. The lowest BCUT2D eigenvalue weighted by molar-refractivity contribution is -0.146. The Bertz CT molecular complexity index is 391. The molecule has 0 aromatic carbocycles. The molecule has 0 aliphatic carbocycles. The fourth-order valence-corrected chi connectivity index (χ4v) is 4.14. The molecule has 0 aliphatic rings. The van der Waals surface area contributed by atoms with Crippen LogP contribution in [0.5, 0.6) is 0 Å². The molecule has 0 aromatic heterocycles. The third-order valence-electron chi connectivity index (χ3n) is 6.31. The molecule has 0 amide bonds. The van der Waals surface area contributed by atoms with Gasteiger partial charge in [0.25, 0.3) is 0 Å². The van der Waals surface area contributed by atoms with Crippen LogP contribution in [-0.4, -0.2) is 32.9 Å². The predicted octanol–water partition coefficient (Wildman–Crippen LogP) is 10.1. The van der Waals surface area contributed by atoms with E-state index in [0.29, 0.717) is 6.79 Å². The summed E-state index contributed by atoms with van der Waals surface area (Å²) in [4.78, 5) is 0. The largest absolute Gasteiger partial charge is 0.475 e. The van der Waals surface area contributed by atoms with Gasteiger partial charge in [-0.25, -0.2) is 0 Å². The third-order valence-corrected chi connectivity index (χ3v) is 6.31. The lowest BCUT2D eigenvalue weighted by Crippen LogP contribution is -2.18. The van der Waals surface area contributed by atoms with Crippen LogP contribution < -0.4 is 0 Å². The Hall–Kier alpha value is -0.580. The topological polar surface area (TPSA) is 36.9 Å². The number of ether oxygens (including phenoxy) is 4. The molecule has 0 saturated heterocycles. The van der Waals surface area contributed by atoms with Crippen molar-refractivity contribution in [1.29, 1.82) is 0 Å². The van der Waals surface area contributed by atoms with Gasteiger partial charge in [0, 0.05) is 13.2 Å². The normalized spacial score (nSPS) is 11.8. The van der Waals surface area contributed by atoms with E-state index in [2.05, 4.69) is 26.8 Å². The van der Waals surface area contributed by atoms with E-state index in [1.54, 1.807) is 0 Å². The lowest BCUT2D eigenvalue weighted by Gasteiger charge is -2.18. The number of unbranched alkanes of at least 4 members (excludes halogenated alkanes) is 16. The molecule has 210 valence electrons. The van der Waals surface area contributed by atoms with Crippen LogP contribution in [0.1, 0.15) is 156 Å². The minimum atomic E-state index is 0.0154. The molecule has 0 unspecified atom stereocenters. The molecule has 0 atom stereocenters. The van der Waals surface area contributed by atoms with E-state index < -0.39 is 0 Å². The van der Waals surface area contributed by atoms with E-state index in [-0.39, 0.29) is 6.29 Å². The van der Waals surface area contributed by atoms with Crippen molar-refractivity contribution in [2.75, 3.05) is 26.6 Å². The van der Waals surface area contributed by atoms with Gasteiger partial charge in [-0.2, -0.15) is 0 Å². The Morgan fingerprint density at radius 1 is 0.514 bits per heavy atom. The second-order valence-corrected chi connectivity index (χ2v) is 9.97. The Labute approximate surface area is 219 Å². The van der Waals surface area contributed by atoms with Crippen LogP contribution in [0.2, 0.25) is 0 Å². The molecule has 0 radical (unpaired) electrons. The van der Waals surface area contributed by atoms with Gasteiger partial charge >= 0.3 is 0 Å². The molecular weight excluding hydrogens is 436 g/mol. The average Bonchev–Trinajstić information content (AvgIpc) is 2.87. The summed E-state index contributed by atoms with van der Waals surface area (Å²) in [7, 11) is 0. The second kappa shape index (κ2) is 31.4. The van der Waals surface area contributed by atoms with Crippen molar-refractivity contribution >= 4 is 0 Å². The highest BCUT2D eigenvalue weighted by Gasteiger charge is 2.08. The summed E-state index contributed by atoms with van der Waals surface area (Å²) in [6, 6.07) is 0. The van der Waals surface area contributed by atoms with Crippen LogP contribution in [0.25, 0.3) is 0 Å². The molecule has 35 heavy (non-hydrogen) atoms. The molecule has 0 N–H and O–H groups in total. The van der Waals surface area contributed by atoms with Crippen molar-refractivity contribution in [1.82, 2.24) is 0 Å². The van der Waals surface area contributed by atoms with E-state index in [0.717, 1.165) is 51.9 Å². The summed E-state index contributed by atoms with van der Waals surface area (Å²) in [6.07, 6.45) is 30.8. The van der Waals surface area contributed by atoms with Gasteiger partial charge in [0.05, 0.1) is 12.9 Å². The van der Waals surface area contributed by atoms with Crippen molar-refractivity contribution in [3.05, 3.63) is 12.3 Å². The summed E-state index contributed by atoms with van der Waals surface area (Å²) < 4.78 is 22.6. The maximum Gasteiger partial charge on any atom is 0.188 e. The Kier molecular flexibility index (Phi) is 30.9. The van der Waals surface area contributed by atoms with Gasteiger partial charge in [0.15, 0.2) is 13.1 Å². The van der Waals surface area contributed by atoms with Crippen molar-refractivity contribution in [3.63, 3.8) is 0 Å². The second-order valence-electron chi connectivity index (χ2n) is 9.97. The van der Waals surface area contributed by atoms with E-state index in [4.69, 9.17) is 18.9 Å². The van der Waals surface area contributed by atoms with Gasteiger partial charge in [0.1, 0.15) is 0 Å². The first-order valence-corrected chi connectivity index (χ1v) is 15.4. The molecule has 0 heterocycles. The lowest BCUT2D eigenvalue weighted by atomic mass is 10.1. The SMILES string of the molecule is CCCCCCCCCCOCOC=CCCCCCCCCCCCC(OCCC)OCCC. The number of allylic oxidation sites excluding steroid dienone is 1. The number of rotatable bonds is 30. The summed E-state index contributed by atoms with van der Waals surface area (Å²) >= 11 is 0. The first kappa shape index (κ1) is 34.4. The maximum atomic E-state index is 5.80. The van der Waals surface area contributed by atoms with Crippen LogP contribution in [0.15, 0.2) is 12.3 Å². The highest BCUT2D eigenvalue weighted by atomic mass is 16.7. The Morgan fingerprint density at radius 3 is 1.60 bits per heavy atom. The maximum absolute atomic E-state index is 5.80. The van der Waals surface area contributed by atoms with E-state index >= 15 is 0 Å². The standard InChI is InChI=1S/C31H62O4/c1-4-7-8-9-10-17-20-23-28-32-30-33-29-24-21-18-15-13-11-12-14-16-19-22-25-31(34-26-5-2)35-27-6-3/h24,29,31H,4-23,25-28,30H2,1-3H3. The fraction of sp³-hybridized carbons (Fsp3) is 0.935. The van der Waals surface area contributed by atoms with E-state index in [1.165, 1.54) is 103 Å². The summed E-state index contributed by atoms with van der Waals surface area (Å²) in [5.41, 5.74) is 0. The molecule has 4 heteroatoms. The smallest absolute Gasteiger partial charge is 0.188 e. The molecule has 0 aromatic rings. The van der Waals surface area contributed by atoms with Gasteiger partial charge in [-0.1, -0.05) is 111 Å². The van der Waals surface area contributed by atoms with Crippen molar-refractivity contribution in [2.24, 2.45) is 0 Å². The first-order chi connectivity index (χ1) is 17.3. The van der Waals surface area contributed by atoms with Crippen molar-refractivity contribution < 1.29 is 18.9 Å². The fourth-order valence-electron chi connectivity index (χ4n) is 4.14. The molecule has 0 spiro atoms. The quantitative estimate of drug-likeness (QED) is 0.0560. The molecule has 4 nitrogen and oxygen atoms in total. The third kappa shape index (κ3) is 29.5. The van der Waals surface area contributed by atoms with E-state index in [1.807, 2.05) is 6.26 Å². The van der Waals surface area contributed by atoms with Gasteiger partial charge < -0.3 is 18.9 Å². The predicted molar refractivity (Wildman–Crippen MR) is 151 cm³/mol. The first-order valence-electron chi connectivity index (χ1n) is 15.4. The van der Waals surface area contributed by atoms with Gasteiger partial charge in [0.2, 0.25) is 0 Å². The summed E-state index contributed by atoms with van der Waals surface area (Å²) in [5, 5.41) is 0. The Balaban J connectivity index is 3.25. The molecule has 0 fully saturated rings. The van der Waals surface area contributed by atoms with Gasteiger partial charge in [-0.15, -0.1) is 0 Å². The minimum Gasteiger partial charge on any atom is -0.475 e. The highest BCUT2D eigenvalue weighted by Crippen LogP contribution is 2.14. The monoisotopic (exact) mass is 498 g/mol. The number of hydrogen-bond acceptors (Lipinski definition) is 4. The summed E-state index contributed by atoms with van der Waals surface area (Å²) in [5.74, 6) is 0. The molecule has 0 aliphatic heterocycles. The molecule has 0 bridgehead atoms. The molecular formula is C31H62O4. The zero-order chi connectivity index (χ0) is 25.5. The van der Waals surface area contributed by atoms with Crippen LogP contribution >= 0.6 is 0 Å². The van der Waals surface area contributed by atoms with Crippen LogP contribution in [0.4, 0.5) is 0 Å².